The molecule has 4 rings (SSSR count). The first kappa shape index (κ1) is 20.9. The van der Waals surface area contributed by atoms with Crippen LogP contribution in [0.25, 0.3) is 0 Å². The number of hydrogen-bond donors (Lipinski definition) is 1. The summed E-state index contributed by atoms with van der Waals surface area (Å²) in [5.74, 6) is 1.49. The summed E-state index contributed by atoms with van der Waals surface area (Å²) in [6, 6.07) is 13.7. The van der Waals surface area contributed by atoms with Crippen LogP contribution in [-0.4, -0.2) is 54.4 Å². The second kappa shape index (κ2) is 9.66. The third-order valence-corrected chi connectivity index (χ3v) is 5.63. The fraction of sp³-hybridized carbons (Fsp3) is 0.333. The minimum Gasteiger partial charge on any atom is -0.493 e. The zero-order chi connectivity index (χ0) is 21.6. The number of carbonyl (C=O) groups is 1. The molecule has 0 aliphatic carbocycles. The van der Waals surface area contributed by atoms with Crippen LogP contribution in [0.1, 0.15) is 27.0 Å². The van der Waals surface area contributed by atoms with E-state index in [1.165, 1.54) is 11.1 Å². The molecule has 7 heteroatoms. The van der Waals surface area contributed by atoms with Crippen molar-refractivity contribution < 1.29 is 14.3 Å². The normalized spacial score (nSPS) is 13.5. The van der Waals surface area contributed by atoms with E-state index in [0.717, 1.165) is 43.1 Å². The van der Waals surface area contributed by atoms with Crippen LogP contribution in [0.2, 0.25) is 0 Å². The molecule has 7 nitrogen and oxygen atoms in total. The van der Waals surface area contributed by atoms with Crippen molar-refractivity contribution in [2.75, 3.05) is 33.9 Å². The molecular weight excluding hydrogens is 392 g/mol. The van der Waals surface area contributed by atoms with E-state index in [0.29, 0.717) is 18.7 Å². The highest BCUT2D eigenvalue weighted by Crippen LogP contribution is 2.33. The van der Waals surface area contributed by atoms with E-state index in [1.54, 1.807) is 20.4 Å². The van der Waals surface area contributed by atoms with Gasteiger partial charge in [-0.15, -0.1) is 0 Å². The number of aromatic nitrogens is 2. The number of rotatable bonds is 8. The Hall–Kier alpha value is -3.32. The van der Waals surface area contributed by atoms with Gasteiger partial charge in [-0.05, 0) is 53.4 Å². The Morgan fingerprint density at radius 1 is 1.10 bits per heavy atom. The standard InChI is InChI=1S/C24H28N4O3/c1-30-22-14-20-8-12-27(17-21(20)15-23(22)31-2)13-10-25-24(29)19-6-4-18(5-7-19)16-28-11-3-9-26-28/h3-7,9,11,14-15H,8,10,12-13,16-17H2,1-2H3,(H,25,29). The molecule has 31 heavy (non-hydrogen) atoms. The second-order valence-electron chi connectivity index (χ2n) is 7.66. The number of ether oxygens (including phenoxy) is 2. The Morgan fingerprint density at radius 2 is 1.84 bits per heavy atom. The van der Waals surface area contributed by atoms with Crippen LogP contribution in [0.5, 0.6) is 11.5 Å². The SMILES string of the molecule is COc1cc2c(cc1OC)CN(CCNC(=O)c1ccc(Cn3cccn3)cc1)CC2. The van der Waals surface area contributed by atoms with Gasteiger partial charge in [-0.1, -0.05) is 12.1 Å². The summed E-state index contributed by atoms with van der Waals surface area (Å²) in [4.78, 5) is 14.8. The number of benzene rings is 2. The van der Waals surface area contributed by atoms with E-state index >= 15 is 0 Å². The molecule has 0 fully saturated rings. The number of amides is 1. The van der Waals surface area contributed by atoms with Gasteiger partial charge in [0.1, 0.15) is 0 Å². The molecule has 0 saturated carbocycles. The molecule has 0 unspecified atom stereocenters. The van der Waals surface area contributed by atoms with Gasteiger partial charge in [0.25, 0.3) is 5.91 Å². The van der Waals surface area contributed by atoms with E-state index in [1.807, 2.05) is 41.2 Å². The molecule has 0 spiro atoms. The molecule has 1 aromatic heterocycles. The summed E-state index contributed by atoms with van der Waals surface area (Å²) < 4.78 is 12.7. The fourth-order valence-corrected chi connectivity index (χ4v) is 3.90. The quantitative estimate of drug-likeness (QED) is 0.607. The minimum atomic E-state index is -0.0468. The topological polar surface area (TPSA) is 68.6 Å². The van der Waals surface area contributed by atoms with Gasteiger partial charge in [-0.2, -0.15) is 5.10 Å². The number of nitrogens with one attached hydrogen (secondary N) is 1. The Kier molecular flexibility index (Phi) is 6.52. The Morgan fingerprint density at radius 3 is 2.52 bits per heavy atom. The monoisotopic (exact) mass is 420 g/mol. The van der Waals surface area contributed by atoms with E-state index in [2.05, 4.69) is 27.4 Å². The average molecular weight is 421 g/mol. The highest BCUT2D eigenvalue weighted by atomic mass is 16.5. The molecular formula is C24H28N4O3. The Labute approximate surface area is 182 Å². The lowest BCUT2D eigenvalue weighted by atomic mass is 9.99. The van der Waals surface area contributed by atoms with Crippen LogP contribution in [-0.2, 0) is 19.5 Å². The van der Waals surface area contributed by atoms with Gasteiger partial charge in [0.05, 0.1) is 20.8 Å². The number of nitrogens with zero attached hydrogens (tertiary/aromatic N) is 3. The van der Waals surface area contributed by atoms with Gasteiger partial charge < -0.3 is 14.8 Å². The molecule has 3 aromatic rings. The van der Waals surface area contributed by atoms with Crippen LogP contribution in [0.3, 0.4) is 0 Å². The first-order valence-corrected chi connectivity index (χ1v) is 10.5. The minimum absolute atomic E-state index is 0.0468. The molecule has 2 aromatic carbocycles. The van der Waals surface area contributed by atoms with Gasteiger partial charge in [-0.3, -0.25) is 14.4 Å². The van der Waals surface area contributed by atoms with Gasteiger partial charge in [0.15, 0.2) is 11.5 Å². The molecule has 162 valence electrons. The summed E-state index contributed by atoms with van der Waals surface area (Å²) in [6.07, 6.45) is 4.64. The third kappa shape index (κ3) is 5.06. The van der Waals surface area contributed by atoms with Gasteiger partial charge in [0, 0.05) is 44.1 Å². The number of fused-ring (bicyclic) bond motifs is 1. The number of carbonyl (C=O) groups excluding carboxylic acids is 1. The smallest absolute Gasteiger partial charge is 0.251 e. The van der Waals surface area contributed by atoms with Crippen molar-refractivity contribution in [1.82, 2.24) is 20.0 Å². The van der Waals surface area contributed by atoms with Crippen LogP contribution in [0, 0.1) is 0 Å². The van der Waals surface area contributed by atoms with Crippen molar-refractivity contribution in [1.29, 1.82) is 0 Å². The molecule has 0 saturated heterocycles. The first-order chi connectivity index (χ1) is 15.2. The molecule has 1 amide bonds. The van der Waals surface area contributed by atoms with Crippen LogP contribution < -0.4 is 14.8 Å². The van der Waals surface area contributed by atoms with Crippen molar-refractivity contribution in [3.05, 3.63) is 77.1 Å². The predicted molar refractivity (Wildman–Crippen MR) is 119 cm³/mol. The molecule has 1 N–H and O–H groups in total. The summed E-state index contributed by atoms with van der Waals surface area (Å²) in [5.41, 5.74) is 4.33. The maximum Gasteiger partial charge on any atom is 0.251 e. The maximum atomic E-state index is 12.5. The number of methoxy groups -OCH3 is 2. The molecule has 1 aliphatic rings. The van der Waals surface area contributed by atoms with Crippen molar-refractivity contribution >= 4 is 5.91 Å². The summed E-state index contributed by atoms with van der Waals surface area (Å²) in [5, 5.41) is 7.24. The van der Waals surface area contributed by atoms with Gasteiger partial charge >= 0.3 is 0 Å². The molecule has 0 radical (unpaired) electrons. The van der Waals surface area contributed by atoms with E-state index in [9.17, 15) is 4.79 Å². The largest absolute Gasteiger partial charge is 0.493 e. The third-order valence-electron chi connectivity index (χ3n) is 5.63. The average Bonchev–Trinajstić information content (AvgIpc) is 3.31. The van der Waals surface area contributed by atoms with Gasteiger partial charge in [0.2, 0.25) is 0 Å². The lowest BCUT2D eigenvalue weighted by molar-refractivity contribution is 0.0947. The van der Waals surface area contributed by atoms with Crippen molar-refractivity contribution in [3.8, 4) is 11.5 Å². The van der Waals surface area contributed by atoms with Gasteiger partial charge in [-0.25, -0.2) is 0 Å². The highest BCUT2D eigenvalue weighted by molar-refractivity contribution is 5.94. The molecule has 2 heterocycles. The molecule has 0 bridgehead atoms. The summed E-state index contributed by atoms with van der Waals surface area (Å²) in [7, 11) is 3.32. The number of hydrogen-bond acceptors (Lipinski definition) is 5. The van der Waals surface area contributed by atoms with Crippen LogP contribution >= 0.6 is 0 Å². The first-order valence-electron chi connectivity index (χ1n) is 10.5. The lowest BCUT2D eigenvalue weighted by Crippen LogP contribution is -2.37. The van der Waals surface area contributed by atoms with Crippen LogP contribution in [0.15, 0.2) is 54.9 Å². The zero-order valence-corrected chi connectivity index (χ0v) is 18.0. The molecule has 1 aliphatic heterocycles. The predicted octanol–water partition coefficient (Wildman–Crippen LogP) is 2.74. The maximum absolute atomic E-state index is 12.5. The van der Waals surface area contributed by atoms with Crippen molar-refractivity contribution in [2.45, 2.75) is 19.5 Å². The van der Waals surface area contributed by atoms with E-state index < -0.39 is 0 Å². The van der Waals surface area contributed by atoms with E-state index in [-0.39, 0.29) is 5.91 Å². The fourth-order valence-electron chi connectivity index (χ4n) is 3.90. The summed E-state index contributed by atoms with van der Waals surface area (Å²) >= 11 is 0. The van der Waals surface area contributed by atoms with Crippen LogP contribution in [0.4, 0.5) is 0 Å². The second-order valence-corrected chi connectivity index (χ2v) is 7.66. The Balaban J connectivity index is 1.27. The highest BCUT2D eigenvalue weighted by Gasteiger charge is 2.19. The Bertz CT molecular complexity index is 1020. The van der Waals surface area contributed by atoms with Crippen molar-refractivity contribution in [3.63, 3.8) is 0 Å². The zero-order valence-electron chi connectivity index (χ0n) is 18.0. The lowest BCUT2D eigenvalue weighted by Gasteiger charge is -2.29. The van der Waals surface area contributed by atoms with Crippen molar-refractivity contribution in [2.24, 2.45) is 0 Å². The van der Waals surface area contributed by atoms with E-state index in [4.69, 9.17) is 9.47 Å². The summed E-state index contributed by atoms with van der Waals surface area (Å²) in [6.45, 7) is 3.91. The molecule has 0 atom stereocenters.